The minimum absolute atomic E-state index is 0.314. The number of methoxy groups -OCH3 is 1. The number of aromatic nitrogens is 5. The molecule has 4 aromatic rings. The van der Waals surface area contributed by atoms with Crippen LogP contribution in [-0.2, 0) is 18.9 Å². The number of thioether (sulfide) groups is 1. The third-order valence-corrected chi connectivity index (χ3v) is 8.55. The minimum Gasteiger partial charge on any atom is -0.375 e. The number of ether oxygens (including phenoxy) is 4. The molecule has 13 heteroatoms. The second kappa shape index (κ2) is 11.1. The van der Waals surface area contributed by atoms with Crippen molar-refractivity contribution in [3.63, 3.8) is 0 Å². The maximum Gasteiger partial charge on any atom is 0.184 e. The molecule has 6 atom stereocenters. The van der Waals surface area contributed by atoms with Gasteiger partial charge in [-0.1, -0.05) is 58.9 Å². The van der Waals surface area contributed by atoms with Gasteiger partial charge in [0.2, 0.25) is 0 Å². The molecule has 0 saturated carbocycles. The third kappa shape index (κ3) is 5.06. The second-order valence-corrected chi connectivity index (χ2v) is 11.0. The molecule has 0 N–H and O–H groups in total. The van der Waals surface area contributed by atoms with Crippen LogP contribution in [-0.4, -0.2) is 62.4 Å². The molecule has 0 radical (unpaired) electrons. The summed E-state index contributed by atoms with van der Waals surface area (Å²) in [6.45, 7) is 0.314. The molecule has 0 spiro atoms. The summed E-state index contributed by atoms with van der Waals surface area (Å²) in [7, 11) is 1.63. The van der Waals surface area contributed by atoms with Gasteiger partial charge in [-0.25, -0.2) is 9.67 Å². The van der Waals surface area contributed by atoms with E-state index in [1.165, 1.54) is 29.3 Å². The Morgan fingerprint density at radius 2 is 2.11 bits per heavy atom. The molecule has 3 aromatic heterocycles. The van der Waals surface area contributed by atoms with E-state index < -0.39 is 36.1 Å². The van der Waals surface area contributed by atoms with Crippen LogP contribution in [0.1, 0.15) is 23.5 Å². The Morgan fingerprint density at radius 1 is 1.24 bits per heavy atom. The van der Waals surface area contributed by atoms with Gasteiger partial charge in [0.05, 0.1) is 18.4 Å². The van der Waals surface area contributed by atoms with Crippen LogP contribution in [0.3, 0.4) is 0 Å². The second-order valence-electron chi connectivity index (χ2n) is 8.61. The van der Waals surface area contributed by atoms with E-state index in [2.05, 4.69) is 26.3 Å². The maximum atomic E-state index is 9.31. The first-order valence-electron chi connectivity index (χ1n) is 11.7. The van der Waals surface area contributed by atoms with E-state index in [1.807, 2.05) is 36.5 Å². The predicted molar refractivity (Wildman–Crippen MR) is 139 cm³/mol. The Kier molecular flexibility index (Phi) is 7.40. The van der Waals surface area contributed by atoms with Gasteiger partial charge in [0.25, 0.3) is 0 Å². The average molecular weight is 569 g/mol. The molecule has 2 aliphatic rings. The molecular weight excluding hydrogens is 548 g/mol. The number of hydrogen-bond acceptors (Lipinski definition) is 11. The lowest BCUT2D eigenvalue weighted by Gasteiger charge is -2.48. The van der Waals surface area contributed by atoms with E-state index >= 15 is 0 Å². The first-order chi connectivity index (χ1) is 18.6. The average Bonchev–Trinajstić information content (AvgIpc) is 3.62. The van der Waals surface area contributed by atoms with Gasteiger partial charge in [-0.15, -0.1) is 16.4 Å². The summed E-state index contributed by atoms with van der Waals surface area (Å²) in [5.41, 5.74) is 1.50. The van der Waals surface area contributed by atoms with E-state index in [0.717, 1.165) is 10.5 Å². The lowest BCUT2D eigenvalue weighted by molar-refractivity contribution is -0.308. The summed E-state index contributed by atoms with van der Waals surface area (Å²) in [6, 6.07) is 13.3. The molecule has 1 aromatic carbocycles. The lowest BCUT2D eigenvalue weighted by atomic mass is 9.96. The van der Waals surface area contributed by atoms with Gasteiger partial charge < -0.3 is 18.9 Å². The molecule has 0 bridgehead atoms. The number of halogens is 1. The number of thiazole rings is 1. The summed E-state index contributed by atoms with van der Waals surface area (Å²) in [4.78, 5) is 9.28. The highest BCUT2D eigenvalue weighted by Crippen LogP contribution is 2.44. The van der Waals surface area contributed by atoms with Crippen molar-refractivity contribution in [3.8, 4) is 16.8 Å². The van der Waals surface area contributed by atoms with E-state index in [4.69, 9.17) is 30.5 Å². The maximum absolute atomic E-state index is 9.31. The molecule has 2 saturated heterocycles. The van der Waals surface area contributed by atoms with Crippen molar-refractivity contribution in [1.82, 2.24) is 25.0 Å². The SMILES string of the molecule is COC1C(Sc2cncc(C#N)c2)OC2COC(c3ccccc3)OC2C1n1cc(-c2nc(Cl)cs2)nn1. The quantitative estimate of drug-likeness (QED) is 0.329. The number of benzene rings is 1. The Balaban J connectivity index is 1.35. The predicted octanol–water partition coefficient (Wildman–Crippen LogP) is 4.51. The summed E-state index contributed by atoms with van der Waals surface area (Å²) >= 11 is 8.86. The number of nitrogens with zero attached hydrogens (tertiary/aromatic N) is 6. The summed E-state index contributed by atoms with van der Waals surface area (Å²) < 4.78 is 26.9. The minimum atomic E-state index is -0.567. The van der Waals surface area contributed by atoms with Crippen molar-refractivity contribution >= 4 is 34.7 Å². The van der Waals surface area contributed by atoms with Crippen molar-refractivity contribution < 1.29 is 18.9 Å². The highest BCUT2D eigenvalue weighted by molar-refractivity contribution is 7.99. The fraction of sp³-hybridized carbons (Fsp3) is 0.320. The fourth-order valence-corrected chi connectivity index (χ4v) is 6.65. The van der Waals surface area contributed by atoms with Gasteiger partial charge in [0.1, 0.15) is 51.7 Å². The van der Waals surface area contributed by atoms with Crippen LogP contribution in [0.15, 0.2) is 65.3 Å². The Labute approximate surface area is 231 Å². The fourth-order valence-electron chi connectivity index (χ4n) is 4.56. The van der Waals surface area contributed by atoms with Crippen LogP contribution in [0.4, 0.5) is 0 Å². The standard InChI is InChI=1S/C25H21ClN6O4S2/c1-33-22-20(32-11-17(30-31-32)23-29-19(26)13-37-23)21-18(12-34-24(36-21)15-5-3-2-4-6-15)35-25(22)38-16-7-14(8-27)9-28-10-16/h2-7,9-11,13,18,20-22,24-25H,12H2,1H3. The zero-order valence-corrected chi connectivity index (χ0v) is 22.3. The Bertz CT molecular complexity index is 1450. The molecule has 0 amide bonds. The Morgan fingerprint density at radius 3 is 2.87 bits per heavy atom. The van der Waals surface area contributed by atoms with Crippen molar-refractivity contribution in [2.75, 3.05) is 13.7 Å². The first-order valence-corrected chi connectivity index (χ1v) is 13.8. The van der Waals surface area contributed by atoms with E-state index in [9.17, 15) is 5.26 Å². The van der Waals surface area contributed by atoms with Crippen LogP contribution >= 0.6 is 34.7 Å². The van der Waals surface area contributed by atoms with Crippen molar-refractivity contribution in [2.24, 2.45) is 0 Å². The van der Waals surface area contributed by atoms with Crippen LogP contribution in [0, 0.1) is 11.3 Å². The van der Waals surface area contributed by atoms with E-state index in [-0.39, 0.29) is 0 Å². The third-order valence-electron chi connectivity index (χ3n) is 6.26. The molecule has 10 nitrogen and oxygen atoms in total. The zero-order valence-electron chi connectivity index (χ0n) is 20.0. The highest BCUT2D eigenvalue weighted by atomic mass is 35.5. The Hall–Kier alpha value is -2.89. The lowest BCUT2D eigenvalue weighted by Crippen LogP contribution is -2.59. The summed E-state index contributed by atoms with van der Waals surface area (Å²) in [5.74, 6) is 0. The normalized spacial score (nSPS) is 27.0. The largest absolute Gasteiger partial charge is 0.375 e. The van der Waals surface area contributed by atoms with Gasteiger partial charge in [0.15, 0.2) is 6.29 Å². The smallest absolute Gasteiger partial charge is 0.184 e. The van der Waals surface area contributed by atoms with Crippen LogP contribution in [0.5, 0.6) is 0 Å². The van der Waals surface area contributed by atoms with Crippen molar-refractivity contribution in [1.29, 1.82) is 5.26 Å². The van der Waals surface area contributed by atoms with E-state index in [1.54, 1.807) is 29.4 Å². The van der Waals surface area contributed by atoms with Gasteiger partial charge in [-0.3, -0.25) is 4.98 Å². The molecule has 194 valence electrons. The number of hydrogen-bond donors (Lipinski definition) is 0. The summed E-state index contributed by atoms with van der Waals surface area (Å²) in [6.07, 6.45) is 3.13. The number of pyridine rings is 1. The molecule has 6 rings (SSSR count). The summed E-state index contributed by atoms with van der Waals surface area (Å²) in [5, 5.41) is 20.9. The molecule has 6 unspecified atom stereocenters. The topological polar surface area (TPSA) is 117 Å². The van der Waals surface area contributed by atoms with Gasteiger partial charge in [-0.2, -0.15) is 5.26 Å². The molecule has 0 aliphatic carbocycles. The van der Waals surface area contributed by atoms with Gasteiger partial charge in [0, 0.05) is 35.3 Å². The van der Waals surface area contributed by atoms with Crippen molar-refractivity contribution in [3.05, 3.63) is 76.6 Å². The van der Waals surface area contributed by atoms with Crippen LogP contribution < -0.4 is 0 Å². The number of nitriles is 1. The number of rotatable bonds is 6. The van der Waals surface area contributed by atoms with Gasteiger partial charge >= 0.3 is 0 Å². The zero-order chi connectivity index (χ0) is 26.1. The molecule has 2 aliphatic heterocycles. The van der Waals surface area contributed by atoms with E-state index in [0.29, 0.717) is 28.0 Å². The van der Waals surface area contributed by atoms with Crippen LogP contribution in [0.25, 0.3) is 10.7 Å². The van der Waals surface area contributed by atoms with Gasteiger partial charge in [-0.05, 0) is 6.07 Å². The number of fused-ring (bicyclic) bond motifs is 1. The molecular formula is C25H21ClN6O4S2. The van der Waals surface area contributed by atoms with Crippen LogP contribution in [0.2, 0.25) is 5.15 Å². The monoisotopic (exact) mass is 568 g/mol. The molecule has 2 fully saturated rings. The molecule has 38 heavy (non-hydrogen) atoms. The first kappa shape index (κ1) is 25.4. The molecule has 5 heterocycles. The van der Waals surface area contributed by atoms with Crippen molar-refractivity contribution in [2.45, 2.75) is 41.0 Å². The highest BCUT2D eigenvalue weighted by Gasteiger charge is 2.52.